The van der Waals surface area contributed by atoms with E-state index in [0.29, 0.717) is 11.5 Å². The number of methoxy groups -OCH3 is 2. The van der Waals surface area contributed by atoms with Gasteiger partial charge in [-0.1, -0.05) is 32.3 Å². The van der Waals surface area contributed by atoms with E-state index in [9.17, 15) is 5.11 Å². The van der Waals surface area contributed by atoms with Crippen LogP contribution in [-0.4, -0.2) is 19.3 Å². The fourth-order valence-corrected chi connectivity index (χ4v) is 2.20. The summed E-state index contributed by atoms with van der Waals surface area (Å²) in [6.45, 7) is 6.05. The van der Waals surface area contributed by atoms with Crippen LogP contribution in [0.15, 0.2) is 24.8 Å². The van der Waals surface area contributed by atoms with Crippen LogP contribution in [0.2, 0.25) is 0 Å². The molecule has 0 spiro atoms. The van der Waals surface area contributed by atoms with Crippen LogP contribution in [0.3, 0.4) is 0 Å². The Balaban J connectivity index is 2.99. The second kappa shape index (κ2) is 7.72. The van der Waals surface area contributed by atoms with Gasteiger partial charge in [-0.05, 0) is 12.5 Å². The predicted octanol–water partition coefficient (Wildman–Crippen LogP) is 4.26. The number of rotatable bonds is 8. The third kappa shape index (κ3) is 3.91. The van der Waals surface area contributed by atoms with Crippen molar-refractivity contribution >= 4 is 0 Å². The first-order valence-electron chi connectivity index (χ1n) is 6.75. The summed E-state index contributed by atoms with van der Waals surface area (Å²) in [5.74, 6) is 1.56. The number of unbranched alkanes of at least 4 members (excludes halogenated alkanes) is 2. The molecule has 1 aromatic rings. The Labute approximate surface area is 115 Å². The van der Waals surface area contributed by atoms with Gasteiger partial charge in [-0.3, -0.25) is 0 Å². The van der Waals surface area contributed by atoms with Crippen molar-refractivity contribution < 1.29 is 14.6 Å². The van der Waals surface area contributed by atoms with Gasteiger partial charge in [0.1, 0.15) is 5.75 Å². The number of benzene rings is 1. The van der Waals surface area contributed by atoms with Gasteiger partial charge in [0, 0.05) is 17.5 Å². The Morgan fingerprint density at radius 2 is 1.84 bits per heavy atom. The highest BCUT2D eigenvalue weighted by Crippen LogP contribution is 2.39. The Hall–Kier alpha value is -1.64. The van der Waals surface area contributed by atoms with Crippen molar-refractivity contribution in [2.24, 2.45) is 0 Å². The van der Waals surface area contributed by atoms with E-state index in [4.69, 9.17) is 9.47 Å². The molecule has 0 bridgehead atoms. The first-order chi connectivity index (χ1) is 9.17. The normalized spacial score (nSPS) is 11.9. The molecular weight excluding hydrogens is 240 g/mol. The summed E-state index contributed by atoms with van der Waals surface area (Å²) in [5, 5.41) is 10.1. The molecule has 1 N–H and O–H groups in total. The van der Waals surface area contributed by atoms with Crippen LogP contribution in [0.5, 0.6) is 17.2 Å². The molecule has 0 heterocycles. The van der Waals surface area contributed by atoms with E-state index in [0.717, 1.165) is 18.4 Å². The molecule has 0 saturated carbocycles. The fraction of sp³-hybridized carbons (Fsp3) is 0.500. The number of hydrogen-bond donors (Lipinski definition) is 1. The average Bonchev–Trinajstić information content (AvgIpc) is 2.44. The Morgan fingerprint density at radius 1 is 1.21 bits per heavy atom. The van der Waals surface area contributed by atoms with Crippen molar-refractivity contribution in [3.05, 3.63) is 30.4 Å². The summed E-state index contributed by atoms with van der Waals surface area (Å²) in [5.41, 5.74) is 0.851. The lowest BCUT2D eigenvalue weighted by Crippen LogP contribution is -1.99. The zero-order valence-corrected chi connectivity index (χ0v) is 12.1. The molecule has 0 aromatic heterocycles. The molecule has 19 heavy (non-hydrogen) atoms. The van der Waals surface area contributed by atoms with E-state index in [2.05, 4.69) is 13.5 Å². The Kier molecular flexibility index (Phi) is 6.26. The van der Waals surface area contributed by atoms with Crippen molar-refractivity contribution in [2.45, 2.75) is 38.5 Å². The molecule has 1 atom stereocenters. The molecule has 0 radical (unpaired) electrons. The van der Waals surface area contributed by atoms with Gasteiger partial charge in [-0.25, -0.2) is 0 Å². The van der Waals surface area contributed by atoms with Gasteiger partial charge >= 0.3 is 0 Å². The van der Waals surface area contributed by atoms with E-state index in [1.54, 1.807) is 20.3 Å². The molecule has 1 aromatic carbocycles. The topological polar surface area (TPSA) is 38.7 Å². The summed E-state index contributed by atoms with van der Waals surface area (Å²) in [6.07, 6.45) is 6.37. The van der Waals surface area contributed by atoms with Crippen LogP contribution in [0.4, 0.5) is 0 Å². The molecular formula is C16H24O3. The molecule has 106 valence electrons. The van der Waals surface area contributed by atoms with Gasteiger partial charge < -0.3 is 14.6 Å². The van der Waals surface area contributed by atoms with Gasteiger partial charge in [-0.2, -0.15) is 0 Å². The monoisotopic (exact) mass is 264 g/mol. The van der Waals surface area contributed by atoms with Gasteiger partial charge in [0.05, 0.1) is 14.2 Å². The van der Waals surface area contributed by atoms with E-state index in [1.165, 1.54) is 12.8 Å². The molecule has 1 rings (SSSR count). The van der Waals surface area contributed by atoms with Crippen molar-refractivity contribution in [3.8, 4) is 17.2 Å². The van der Waals surface area contributed by atoms with Crippen LogP contribution >= 0.6 is 0 Å². The van der Waals surface area contributed by atoms with Crippen molar-refractivity contribution in [1.82, 2.24) is 0 Å². The van der Waals surface area contributed by atoms with Crippen LogP contribution in [-0.2, 0) is 0 Å². The summed E-state index contributed by atoms with van der Waals surface area (Å²) in [7, 11) is 3.15. The number of ether oxygens (including phenoxy) is 2. The highest BCUT2D eigenvalue weighted by Gasteiger charge is 2.16. The lowest BCUT2D eigenvalue weighted by molar-refractivity contribution is 0.350. The second-order valence-electron chi connectivity index (χ2n) is 4.60. The first-order valence-corrected chi connectivity index (χ1v) is 6.75. The van der Waals surface area contributed by atoms with Crippen molar-refractivity contribution in [2.75, 3.05) is 14.2 Å². The molecule has 0 fully saturated rings. The van der Waals surface area contributed by atoms with Crippen LogP contribution in [0.1, 0.15) is 44.1 Å². The Morgan fingerprint density at radius 3 is 2.37 bits per heavy atom. The van der Waals surface area contributed by atoms with E-state index >= 15 is 0 Å². The quantitative estimate of drug-likeness (QED) is 0.563. The maximum atomic E-state index is 10.1. The maximum absolute atomic E-state index is 10.1. The minimum Gasteiger partial charge on any atom is -0.508 e. The van der Waals surface area contributed by atoms with E-state index in [-0.39, 0.29) is 11.7 Å². The van der Waals surface area contributed by atoms with Gasteiger partial charge in [-0.15, -0.1) is 6.58 Å². The lowest BCUT2D eigenvalue weighted by Gasteiger charge is -2.17. The maximum Gasteiger partial charge on any atom is 0.164 e. The van der Waals surface area contributed by atoms with E-state index in [1.807, 2.05) is 12.1 Å². The molecule has 0 aliphatic carbocycles. The third-order valence-electron chi connectivity index (χ3n) is 3.34. The van der Waals surface area contributed by atoms with Gasteiger partial charge in [0.2, 0.25) is 0 Å². The molecule has 0 unspecified atom stereocenters. The number of allylic oxidation sites excluding steroid dienone is 1. The predicted molar refractivity (Wildman–Crippen MR) is 78.3 cm³/mol. The minimum atomic E-state index is 0.145. The fourth-order valence-electron chi connectivity index (χ4n) is 2.20. The highest BCUT2D eigenvalue weighted by atomic mass is 16.5. The van der Waals surface area contributed by atoms with Crippen LogP contribution in [0, 0.1) is 0 Å². The van der Waals surface area contributed by atoms with Crippen LogP contribution in [0.25, 0.3) is 0 Å². The zero-order chi connectivity index (χ0) is 14.3. The smallest absolute Gasteiger partial charge is 0.164 e. The largest absolute Gasteiger partial charge is 0.508 e. The number of phenols is 1. The zero-order valence-electron chi connectivity index (χ0n) is 12.1. The molecule has 3 heteroatoms. The molecule has 0 aliphatic heterocycles. The molecule has 0 aliphatic rings. The summed E-state index contributed by atoms with van der Waals surface area (Å²) < 4.78 is 10.5. The van der Waals surface area contributed by atoms with E-state index < -0.39 is 0 Å². The average molecular weight is 264 g/mol. The highest BCUT2D eigenvalue weighted by molar-refractivity contribution is 5.52. The summed E-state index contributed by atoms with van der Waals surface area (Å²) in [6, 6.07) is 3.44. The summed E-state index contributed by atoms with van der Waals surface area (Å²) in [4.78, 5) is 0. The van der Waals surface area contributed by atoms with Gasteiger partial charge in [0.15, 0.2) is 11.5 Å². The number of aromatic hydroxyl groups is 1. The van der Waals surface area contributed by atoms with Gasteiger partial charge in [0.25, 0.3) is 0 Å². The standard InChI is InChI=1S/C16H24O3/c1-5-7-8-9-12(6-2)13-10-15(18-3)16(19-4)11-14(13)17/h6,10-12,17H,2,5,7-9H2,1,3-4H3/t12-/m1/s1. The number of phenolic OH excluding ortho intramolecular Hbond substituents is 1. The third-order valence-corrected chi connectivity index (χ3v) is 3.34. The first kappa shape index (κ1) is 15.4. The second-order valence-corrected chi connectivity index (χ2v) is 4.60. The lowest BCUT2D eigenvalue weighted by atomic mass is 9.92. The van der Waals surface area contributed by atoms with Crippen LogP contribution < -0.4 is 9.47 Å². The number of hydrogen-bond acceptors (Lipinski definition) is 3. The molecule has 0 saturated heterocycles. The Bertz CT molecular complexity index is 413. The van der Waals surface area contributed by atoms with Crippen molar-refractivity contribution in [3.63, 3.8) is 0 Å². The molecule has 3 nitrogen and oxygen atoms in total. The molecule has 0 amide bonds. The summed E-state index contributed by atoms with van der Waals surface area (Å²) >= 11 is 0. The van der Waals surface area contributed by atoms with Crippen molar-refractivity contribution in [1.29, 1.82) is 0 Å². The SMILES string of the molecule is C=C[C@H](CCCCC)c1cc(OC)c(OC)cc1O. The minimum absolute atomic E-state index is 0.145.